The molecule has 1 rings (SSSR count). The van der Waals surface area contributed by atoms with E-state index in [1.54, 1.807) is 6.07 Å². The van der Waals surface area contributed by atoms with Gasteiger partial charge in [0.25, 0.3) is 5.91 Å². The number of halogens is 1. The van der Waals surface area contributed by atoms with Crippen LogP contribution < -0.4 is 5.32 Å². The molecule has 0 aliphatic rings. The number of carbonyl (C=O) groups excluding carboxylic acids is 1. The molecule has 0 aromatic carbocycles. The number of pyridine rings is 1. The Kier molecular flexibility index (Phi) is 5.91. The molecule has 1 aromatic rings. The summed E-state index contributed by atoms with van der Waals surface area (Å²) in [6, 6.07) is 1.81. The third-order valence-electron chi connectivity index (χ3n) is 2.69. The van der Waals surface area contributed by atoms with Gasteiger partial charge >= 0.3 is 5.97 Å². The number of aliphatic hydroxyl groups excluding tert-OH is 1. The second-order valence-corrected chi connectivity index (χ2v) is 5.02. The lowest BCUT2D eigenvalue weighted by molar-refractivity contribution is -0.139. The zero-order chi connectivity index (χ0) is 15.3. The van der Waals surface area contributed by atoms with Crippen LogP contribution in [0.5, 0.6) is 0 Å². The minimum Gasteiger partial charge on any atom is -0.480 e. The van der Waals surface area contributed by atoms with Crippen LogP contribution >= 0.6 is 11.6 Å². The van der Waals surface area contributed by atoms with Gasteiger partial charge in [-0.2, -0.15) is 0 Å². The summed E-state index contributed by atoms with van der Waals surface area (Å²) in [5.41, 5.74) is 0.898. The molecule has 1 atom stereocenters. The van der Waals surface area contributed by atoms with Crippen LogP contribution in [0.3, 0.4) is 0 Å². The first kappa shape index (κ1) is 16.4. The summed E-state index contributed by atoms with van der Waals surface area (Å²) in [7, 11) is 0. The summed E-state index contributed by atoms with van der Waals surface area (Å²) in [5, 5.41) is 20.2. The summed E-state index contributed by atoms with van der Waals surface area (Å²) in [6.45, 7) is 3.49. The number of amides is 1. The number of aromatic nitrogens is 1. The maximum atomic E-state index is 12.0. The molecule has 1 heterocycles. The number of nitrogens with zero attached hydrogens (tertiary/aromatic N) is 1. The molecule has 0 saturated carbocycles. The van der Waals surface area contributed by atoms with E-state index in [1.807, 2.05) is 13.8 Å². The lowest BCUT2D eigenvalue weighted by Gasteiger charge is -2.14. The first-order valence-corrected chi connectivity index (χ1v) is 6.55. The van der Waals surface area contributed by atoms with Crippen molar-refractivity contribution in [1.29, 1.82) is 0 Å². The van der Waals surface area contributed by atoms with E-state index in [-0.39, 0.29) is 29.7 Å². The Hall–Kier alpha value is -1.66. The molecule has 0 aliphatic carbocycles. The number of carboxylic acid groups (broad SMARTS) is 1. The second-order valence-electron chi connectivity index (χ2n) is 4.63. The summed E-state index contributed by atoms with van der Waals surface area (Å²) in [5.74, 6) is -1.67. The topological polar surface area (TPSA) is 99.5 Å². The smallest absolute Gasteiger partial charge is 0.326 e. The normalized spacial score (nSPS) is 12.2. The molecule has 0 aliphatic heterocycles. The third-order valence-corrected chi connectivity index (χ3v) is 2.88. The maximum absolute atomic E-state index is 12.0. The van der Waals surface area contributed by atoms with E-state index in [9.17, 15) is 9.59 Å². The van der Waals surface area contributed by atoms with Gasteiger partial charge in [0.15, 0.2) is 0 Å². The van der Waals surface area contributed by atoms with Gasteiger partial charge in [-0.3, -0.25) is 4.79 Å². The molecule has 1 unspecified atom stereocenters. The highest BCUT2D eigenvalue weighted by Gasteiger charge is 2.20. The van der Waals surface area contributed by atoms with Crippen LogP contribution in [0.15, 0.2) is 12.1 Å². The molecular weight excluding hydrogens is 284 g/mol. The SMILES string of the molecule is CC(C)c1cc(C(=O)NC(CCO)C(=O)O)cc(Cl)n1. The van der Waals surface area contributed by atoms with Crippen LogP contribution in [0.2, 0.25) is 5.15 Å². The molecule has 0 bridgehead atoms. The van der Waals surface area contributed by atoms with Crippen molar-refractivity contribution in [2.45, 2.75) is 32.2 Å². The molecular formula is C13H17ClN2O4. The Labute approximate surface area is 121 Å². The minimum absolute atomic E-state index is 0.0586. The lowest BCUT2D eigenvalue weighted by atomic mass is 10.1. The zero-order valence-corrected chi connectivity index (χ0v) is 12.0. The van der Waals surface area contributed by atoms with E-state index in [2.05, 4.69) is 10.3 Å². The van der Waals surface area contributed by atoms with Crippen LogP contribution in [0.4, 0.5) is 0 Å². The summed E-state index contributed by atoms with van der Waals surface area (Å²) < 4.78 is 0. The molecule has 110 valence electrons. The molecule has 20 heavy (non-hydrogen) atoms. The highest BCUT2D eigenvalue weighted by molar-refractivity contribution is 6.29. The van der Waals surface area contributed by atoms with Gasteiger partial charge < -0.3 is 15.5 Å². The quantitative estimate of drug-likeness (QED) is 0.690. The monoisotopic (exact) mass is 300 g/mol. The highest BCUT2D eigenvalue weighted by Crippen LogP contribution is 2.17. The van der Waals surface area contributed by atoms with Crippen LogP contribution in [0, 0.1) is 0 Å². The Bertz CT molecular complexity index is 505. The molecule has 0 fully saturated rings. The number of rotatable bonds is 6. The number of carbonyl (C=O) groups is 2. The van der Waals surface area contributed by atoms with E-state index in [0.717, 1.165) is 0 Å². The fourth-order valence-corrected chi connectivity index (χ4v) is 1.79. The fourth-order valence-electron chi connectivity index (χ4n) is 1.57. The number of hydrogen-bond donors (Lipinski definition) is 3. The molecule has 6 nitrogen and oxygen atoms in total. The van der Waals surface area contributed by atoms with Crippen LogP contribution in [-0.4, -0.2) is 39.7 Å². The van der Waals surface area contributed by atoms with Gasteiger partial charge in [0.05, 0.1) is 0 Å². The second kappa shape index (κ2) is 7.21. The molecule has 0 saturated heterocycles. The fraction of sp³-hybridized carbons (Fsp3) is 0.462. The number of aliphatic hydroxyl groups is 1. The highest BCUT2D eigenvalue weighted by atomic mass is 35.5. The average Bonchev–Trinajstić information content (AvgIpc) is 2.37. The summed E-state index contributed by atoms with van der Waals surface area (Å²) >= 11 is 5.85. The standard InChI is InChI=1S/C13H17ClN2O4/c1-7(2)10-5-8(6-11(14)15-10)12(18)16-9(3-4-17)13(19)20/h5-7,9,17H,3-4H2,1-2H3,(H,16,18)(H,19,20). The van der Waals surface area contributed by atoms with Gasteiger partial charge in [0.2, 0.25) is 0 Å². The maximum Gasteiger partial charge on any atom is 0.326 e. The predicted molar refractivity (Wildman–Crippen MR) is 73.9 cm³/mol. The summed E-state index contributed by atoms with van der Waals surface area (Å²) in [6.07, 6.45) is -0.0586. The molecule has 0 spiro atoms. The molecule has 3 N–H and O–H groups in total. The van der Waals surface area contributed by atoms with Gasteiger partial charge in [-0.05, 0) is 18.1 Å². The van der Waals surface area contributed by atoms with Gasteiger partial charge in [0.1, 0.15) is 11.2 Å². The van der Waals surface area contributed by atoms with Crippen molar-refractivity contribution in [2.75, 3.05) is 6.61 Å². The third kappa shape index (κ3) is 4.47. The van der Waals surface area contributed by atoms with Crippen LogP contribution in [0.1, 0.15) is 42.2 Å². The van der Waals surface area contributed by atoms with Crippen molar-refractivity contribution >= 4 is 23.5 Å². The van der Waals surface area contributed by atoms with Crippen molar-refractivity contribution < 1.29 is 19.8 Å². The van der Waals surface area contributed by atoms with E-state index in [1.165, 1.54) is 6.07 Å². The minimum atomic E-state index is -1.20. The lowest BCUT2D eigenvalue weighted by Crippen LogP contribution is -2.41. The molecule has 7 heteroatoms. The zero-order valence-electron chi connectivity index (χ0n) is 11.3. The van der Waals surface area contributed by atoms with E-state index in [0.29, 0.717) is 5.69 Å². The number of carboxylic acids is 1. The van der Waals surface area contributed by atoms with Crippen LogP contribution in [-0.2, 0) is 4.79 Å². The first-order chi connectivity index (χ1) is 9.35. The predicted octanol–water partition coefficient (Wildman–Crippen LogP) is 1.42. The largest absolute Gasteiger partial charge is 0.480 e. The van der Waals surface area contributed by atoms with Gasteiger partial charge in [-0.1, -0.05) is 25.4 Å². The van der Waals surface area contributed by atoms with E-state index >= 15 is 0 Å². The Balaban J connectivity index is 2.94. The van der Waals surface area contributed by atoms with E-state index in [4.69, 9.17) is 21.8 Å². The van der Waals surface area contributed by atoms with Crippen LogP contribution in [0.25, 0.3) is 0 Å². The van der Waals surface area contributed by atoms with Crippen molar-refractivity contribution in [3.63, 3.8) is 0 Å². The molecule has 1 aromatic heterocycles. The molecule has 0 radical (unpaired) electrons. The average molecular weight is 301 g/mol. The van der Waals surface area contributed by atoms with Crippen molar-refractivity contribution in [1.82, 2.24) is 10.3 Å². The Morgan fingerprint density at radius 3 is 2.55 bits per heavy atom. The summed E-state index contributed by atoms with van der Waals surface area (Å²) in [4.78, 5) is 27.0. The van der Waals surface area contributed by atoms with E-state index < -0.39 is 17.9 Å². The van der Waals surface area contributed by atoms with Crippen molar-refractivity contribution in [3.8, 4) is 0 Å². The number of hydrogen-bond acceptors (Lipinski definition) is 4. The van der Waals surface area contributed by atoms with Gasteiger partial charge in [0, 0.05) is 24.3 Å². The van der Waals surface area contributed by atoms with Crippen molar-refractivity contribution in [3.05, 3.63) is 28.5 Å². The number of nitrogens with one attached hydrogen (secondary N) is 1. The molecule has 1 amide bonds. The van der Waals surface area contributed by atoms with Gasteiger partial charge in [-0.15, -0.1) is 0 Å². The van der Waals surface area contributed by atoms with Crippen molar-refractivity contribution in [2.24, 2.45) is 0 Å². The Morgan fingerprint density at radius 2 is 2.05 bits per heavy atom. The van der Waals surface area contributed by atoms with Gasteiger partial charge in [-0.25, -0.2) is 9.78 Å². The number of aliphatic carboxylic acids is 1. The Morgan fingerprint density at radius 1 is 1.40 bits per heavy atom. The first-order valence-electron chi connectivity index (χ1n) is 6.17.